The van der Waals surface area contributed by atoms with Crippen molar-refractivity contribution in [3.63, 3.8) is 0 Å². The largest absolute Gasteiger partial charge is 0.508 e. The van der Waals surface area contributed by atoms with Gasteiger partial charge in [0, 0.05) is 25.5 Å². The Morgan fingerprint density at radius 2 is 1.83 bits per heavy atom. The van der Waals surface area contributed by atoms with Crippen molar-refractivity contribution in [2.75, 3.05) is 7.11 Å². The maximum atomic E-state index is 10.9. The van der Waals surface area contributed by atoms with Crippen LogP contribution in [0.3, 0.4) is 0 Å². The molecule has 0 aromatic heterocycles. The van der Waals surface area contributed by atoms with Gasteiger partial charge in [-0.1, -0.05) is 43.1 Å². The lowest BCUT2D eigenvalue weighted by atomic mass is 10.00. The maximum Gasteiger partial charge on any atom is 0.210 e. The Morgan fingerprint density at radius 3 is 2.47 bits per heavy atom. The summed E-state index contributed by atoms with van der Waals surface area (Å²) in [4.78, 5) is 0. The molecule has 1 N–H and O–H groups in total. The fourth-order valence-electron chi connectivity index (χ4n) is 4.13. The van der Waals surface area contributed by atoms with Crippen molar-refractivity contribution in [1.29, 1.82) is 0 Å². The van der Waals surface area contributed by atoms with E-state index in [1.54, 1.807) is 7.11 Å². The van der Waals surface area contributed by atoms with Crippen LogP contribution in [-0.4, -0.2) is 18.0 Å². The summed E-state index contributed by atoms with van der Waals surface area (Å²) in [6, 6.07) is 4.06. The first-order valence-corrected chi connectivity index (χ1v) is 11.8. The molecule has 0 unspecified atom stereocenters. The van der Waals surface area contributed by atoms with Gasteiger partial charge in [-0.05, 0) is 83.4 Å². The molecule has 1 saturated carbocycles. The highest BCUT2D eigenvalue weighted by molar-refractivity contribution is 5.49. The summed E-state index contributed by atoms with van der Waals surface area (Å²) in [5.41, 5.74) is 4.72. The Balaban J connectivity index is 2.24. The summed E-state index contributed by atoms with van der Waals surface area (Å²) >= 11 is 0. The highest BCUT2D eigenvalue weighted by Gasteiger charge is 2.37. The molecule has 0 amide bonds. The second-order valence-electron chi connectivity index (χ2n) is 9.05. The summed E-state index contributed by atoms with van der Waals surface area (Å²) < 4.78 is 12.3. The Kier molecular flexibility index (Phi) is 9.97. The van der Waals surface area contributed by atoms with Crippen molar-refractivity contribution in [3.8, 4) is 11.5 Å². The monoisotopic (exact) mass is 414 g/mol. The second kappa shape index (κ2) is 12.2. The lowest BCUT2D eigenvalue weighted by Crippen LogP contribution is -2.35. The quantitative estimate of drug-likeness (QED) is 0.217. The predicted octanol–water partition coefficient (Wildman–Crippen LogP) is 7.66. The fraction of sp³-hybridized carbons (Fsp3) is 0.630. The number of rotatable bonds is 12. The van der Waals surface area contributed by atoms with Crippen molar-refractivity contribution in [3.05, 3.63) is 46.6 Å². The van der Waals surface area contributed by atoms with Gasteiger partial charge in [0.15, 0.2) is 0 Å². The van der Waals surface area contributed by atoms with Crippen LogP contribution in [0.15, 0.2) is 35.4 Å². The minimum atomic E-state index is -0.550. The summed E-state index contributed by atoms with van der Waals surface area (Å²) in [6.07, 6.45) is 15.8. The molecule has 0 radical (unpaired) electrons. The average molecular weight is 415 g/mol. The zero-order chi connectivity index (χ0) is 22.0. The number of hydrogen-bond donors (Lipinski definition) is 1. The van der Waals surface area contributed by atoms with Gasteiger partial charge in [-0.25, -0.2) is 0 Å². The molecule has 3 nitrogen and oxygen atoms in total. The molecule has 1 fully saturated rings. The molecule has 0 bridgehead atoms. The standard InChI is InChI=1S/C27H42O3/c1-6-7-8-14-23-19-25(28)24(16-15-22(4)13-11-12-21(2)3)26(20-23)30-27(29-5)17-9-10-18-27/h12,15,19-20,28H,6-11,13-14,16-18H2,1-5H3. The first-order chi connectivity index (χ1) is 14.4. The minimum Gasteiger partial charge on any atom is -0.508 e. The van der Waals surface area contributed by atoms with Gasteiger partial charge in [-0.2, -0.15) is 0 Å². The highest BCUT2D eigenvalue weighted by atomic mass is 16.7. The molecule has 0 spiro atoms. The Hall–Kier alpha value is -1.74. The van der Waals surface area contributed by atoms with E-state index in [-0.39, 0.29) is 0 Å². The van der Waals surface area contributed by atoms with Crippen LogP contribution in [0.5, 0.6) is 11.5 Å². The van der Waals surface area contributed by atoms with Crippen molar-refractivity contribution >= 4 is 0 Å². The number of aryl methyl sites for hydroxylation is 1. The van der Waals surface area contributed by atoms with E-state index in [0.717, 1.165) is 68.2 Å². The van der Waals surface area contributed by atoms with Crippen molar-refractivity contribution in [2.45, 2.75) is 104 Å². The zero-order valence-corrected chi connectivity index (χ0v) is 19.9. The molecule has 0 aliphatic heterocycles. The smallest absolute Gasteiger partial charge is 0.210 e. The van der Waals surface area contributed by atoms with E-state index in [0.29, 0.717) is 12.2 Å². The van der Waals surface area contributed by atoms with Gasteiger partial charge in [0.25, 0.3) is 0 Å². The lowest BCUT2D eigenvalue weighted by Gasteiger charge is -2.30. The number of hydrogen-bond acceptors (Lipinski definition) is 3. The first kappa shape index (κ1) is 24.5. The van der Waals surface area contributed by atoms with E-state index in [1.807, 2.05) is 6.07 Å². The predicted molar refractivity (Wildman–Crippen MR) is 126 cm³/mol. The molecule has 2 rings (SSSR count). The first-order valence-electron chi connectivity index (χ1n) is 11.8. The van der Waals surface area contributed by atoms with Crippen LogP contribution < -0.4 is 4.74 Å². The van der Waals surface area contributed by atoms with Gasteiger partial charge >= 0.3 is 0 Å². The van der Waals surface area contributed by atoms with Crippen LogP contribution >= 0.6 is 0 Å². The third kappa shape index (κ3) is 7.50. The van der Waals surface area contributed by atoms with Gasteiger partial charge in [0.1, 0.15) is 11.5 Å². The van der Waals surface area contributed by atoms with E-state index >= 15 is 0 Å². The van der Waals surface area contributed by atoms with E-state index in [9.17, 15) is 5.11 Å². The number of methoxy groups -OCH3 is 1. The summed E-state index contributed by atoms with van der Waals surface area (Å²) in [7, 11) is 1.74. The van der Waals surface area contributed by atoms with Gasteiger partial charge in [0.2, 0.25) is 5.79 Å². The number of allylic oxidation sites excluding steroid dienone is 4. The van der Waals surface area contributed by atoms with E-state index < -0.39 is 5.79 Å². The third-order valence-corrected chi connectivity index (χ3v) is 6.09. The lowest BCUT2D eigenvalue weighted by molar-refractivity contribution is -0.157. The number of ether oxygens (including phenoxy) is 2. The molecule has 1 aliphatic carbocycles. The minimum absolute atomic E-state index is 0.344. The Bertz CT molecular complexity index is 720. The van der Waals surface area contributed by atoms with E-state index in [2.05, 4.69) is 45.9 Å². The number of unbranched alkanes of at least 4 members (excludes halogenated alkanes) is 2. The molecule has 168 valence electrons. The molecular formula is C27H42O3. The van der Waals surface area contributed by atoms with Crippen molar-refractivity contribution in [1.82, 2.24) is 0 Å². The third-order valence-electron chi connectivity index (χ3n) is 6.09. The Morgan fingerprint density at radius 1 is 1.10 bits per heavy atom. The van der Waals surface area contributed by atoms with Crippen LogP contribution in [-0.2, 0) is 17.6 Å². The van der Waals surface area contributed by atoms with Crippen LogP contribution in [0, 0.1) is 0 Å². The van der Waals surface area contributed by atoms with Crippen LogP contribution in [0.1, 0.15) is 96.6 Å². The van der Waals surface area contributed by atoms with E-state index in [1.165, 1.54) is 24.0 Å². The molecule has 0 saturated heterocycles. The van der Waals surface area contributed by atoms with Crippen molar-refractivity contribution in [2.24, 2.45) is 0 Å². The number of phenolic OH excluding ortho intramolecular Hbond substituents is 1. The van der Waals surface area contributed by atoms with Gasteiger partial charge in [0.05, 0.1) is 0 Å². The number of phenols is 1. The molecular weight excluding hydrogens is 372 g/mol. The Labute approximate surface area is 184 Å². The molecule has 1 aromatic carbocycles. The summed E-state index contributed by atoms with van der Waals surface area (Å²) in [5, 5.41) is 10.9. The SMILES string of the molecule is CCCCCc1cc(O)c(CC=C(C)CCC=C(C)C)c(OC2(OC)CCCC2)c1. The van der Waals surface area contributed by atoms with Gasteiger partial charge in [-0.15, -0.1) is 0 Å². The average Bonchev–Trinajstić information content (AvgIpc) is 3.16. The normalized spacial score (nSPS) is 16.0. The topological polar surface area (TPSA) is 38.7 Å². The molecule has 1 aromatic rings. The fourth-order valence-corrected chi connectivity index (χ4v) is 4.13. The zero-order valence-electron chi connectivity index (χ0n) is 19.9. The summed E-state index contributed by atoms with van der Waals surface area (Å²) in [5.74, 6) is 0.584. The van der Waals surface area contributed by atoms with Gasteiger partial charge < -0.3 is 14.6 Å². The number of aromatic hydroxyl groups is 1. The van der Waals surface area contributed by atoms with Crippen LogP contribution in [0.4, 0.5) is 0 Å². The van der Waals surface area contributed by atoms with Gasteiger partial charge in [-0.3, -0.25) is 0 Å². The molecule has 0 atom stereocenters. The number of benzene rings is 1. The molecule has 0 heterocycles. The highest BCUT2D eigenvalue weighted by Crippen LogP contribution is 2.39. The summed E-state index contributed by atoms with van der Waals surface area (Å²) in [6.45, 7) is 8.65. The van der Waals surface area contributed by atoms with Crippen LogP contribution in [0.2, 0.25) is 0 Å². The molecule has 30 heavy (non-hydrogen) atoms. The molecule has 1 aliphatic rings. The second-order valence-corrected chi connectivity index (χ2v) is 9.05. The van der Waals surface area contributed by atoms with Crippen molar-refractivity contribution < 1.29 is 14.6 Å². The van der Waals surface area contributed by atoms with Crippen LogP contribution in [0.25, 0.3) is 0 Å². The maximum absolute atomic E-state index is 10.9. The van der Waals surface area contributed by atoms with E-state index in [4.69, 9.17) is 9.47 Å². The molecule has 3 heteroatoms.